The van der Waals surface area contributed by atoms with Crippen LogP contribution in [0.15, 0.2) is 28.7 Å². The average Bonchev–Trinajstić information content (AvgIpc) is 2.90. The molecule has 1 amide bonds. The molecule has 0 aliphatic carbocycles. The van der Waals surface area contributed by atoms with Crippen LogP contribution in [0.2, 0.25) is 0 Å². The van der Waals surface area contributed by atoms with Crippen molar-refractivity contribution in [1.29, 1.82) is 0 Å². The minimum Gasteiger partial charge on any atom is -0.461 e. The molecule has 0 fully saturated rings. The van der Waals surface area contributed by atoms with Gasteiger partial charge in [-0.3, -0.25) is 4.79 Å². The number of para-hydroxylation sites is 1. The zero-order chi connectivity index (χ0) is 16.3. The van der Waals surface area contributed by atoms with Gasteiger partial charge in [-0.1, -0.05) is 45.4 Å². The summed E-state index contributed by atoms with van der Waals surface area (Å²) in [6.07, 6.45) is 1.71. The summed E-state index contributed by atoms with van der Waals surface area (Å²) in [6, 6.07) is 7.51. The minimum atomic E-state index is -0.446. The Balaban J connectivity index is 2.24. The first-order valence-corrected chi connectivity index (χ1v) is 7.99. The molecule has 2 aromatic rings. The van der Waals surface area contributed by atoms with Gasteiger partial charge in [-0.15, -0.1) is 0 Å². The molecule has 2 atom stereocenters. The Kier molecular flexibility index (Phi) is 5.24. The summed E-state index contributed by atoms with van der Waals surface area (Å²) < 4.78 is 5.89. The molecule has 4 nitrogen and oxygen atoms in total. The predicted molar refractivity (Wildman–Crippen MR) is 89.5 cm³/mol. The number of amides is 1. The number of carbonyl (C=O) groups excluding carboxylic acids is 1. The molecule has 2 N–H and O–H groups in total. The topological polar surface area (TPSA) is 59.5 Å². The van der Waals surface area contributed by atoms with E-state index in [4.69, 9.17) is 10.2 Å². The van der Waals surface area contributed by atoms with Gasteiger partial charge in [-0.25, -0.2) is 0 Å². The first-order valence-electron chi connectivity index (χ1n) is 7.99. The number of hydrogen-bond donors (Lipinski definition) is 1. The lowest BCUT2D eigenvalue weighted by atomic mass is 9.98. The monoisotopic (exact) mass is 302 g/mol. The molecule has 0 saturated carbocycles. The van der Waals surface area contributed by atoms with Crippen LogP contribution >= 0.6 is 0 Å². The molecule has 1 heterocycles. The highest BCUT2D eigenvalue weighted by Crippen LogP contribution is 2.27. The molecule has 0 radical (unpaired) electrons. The zero-order valence-electron chi connectivity index (χ0n) is 13.9. The number of rotatable bonds is 6. The van der Waals surface area contributed by atoms with Crippen molar-refractivity contribution in [3.8, 4) is 0 Å². The third-order valence-electron chi connectivity index (χ3n) is 4.42. The van der Waals surface area contributed by atoms with Gasteiger partial charge in [0.1, 0.15) is 11.3 Å². The molecule has 4 heteroatoms. The number of nitrogens with zero attached hydrogens (tertiary/aromatic N) is 1. The van der Waals surface area contributed by atoms with Gasteiger partial charge in [0.25, 0.3) is 0 Å². The van der Waals surface area contributed by atoms with E-state index in [0.29, 0.717) is 6.54 Å². The molecular formula is C18H26N2O2. The highest BCUT2D eigenvalue weighted by atomic mass is 16.3. The maximum atomic E-state index is 12.5. The van der Waals surface area contributed by atoms with Crippen LogP contribution in [0.5, 0.6) is 0 Å². The van der Waals surface area contributed by atoms with Crippen molar-refractivity contribution >= 4 is 16.9 Å². The molecule has 120 valence electrons. The van der Waals surface area contributed by atoms with Crippen LogP contribution in [0.3, 0.4) is 0 Å². The molecule has 0 saturated heterocycles. The second-order valence-electron chi connectivity index (χ2n) is 5.96. The van der Waals surface area contributed by atoms with Crippen molar-refractivity contribution in [1.82, 2.24) is 4.90 Å². The molecular weight excluding hydrogens is 276 g/mol. The third-order valence-corrected chi connectivity index (χ3v) is 4.42. The van der Waals surface area contributed by atoms with Crippen LogP contribution in [-0.4, -0.2) is 23.9 Å². The fourth-order valence-corrected chi connectivity index (χ4v) is 2.68. The van der Waals surface area contributed by atoms with Crippen LogP contribution in [0.4, 0.5) is 0 Å². The number of furan rings is 1. The molecule has 1 aromatic carbocycles. The van der Waals surface area contributed by atoms with Gasteiger partial charge in [0, 0.05) is 31.0 Å². The third kappa shape index (κ3) is 3.17. The molecule has 0 bridgehead atoms. The lowest BCUT2D eigenvalue weighted by Gasteiger charge is -2.24. The summed E-state index contributed by atoms with van der Waals surface area (Å²) >= 11 is 0. The van der Waals surface area contributed by atoms with E-state index in [1.807, 2.05) is 38.2 Å². The van der Waals surface area contributed by atoms with E-state index < -0.39 is 6.04 Å². The number of fused-ring (bicyclic) bond motifs is 1. The van der Waals surface area contributed by atoms with Crippen molar-refractivity contribution in [2.24, 2.45) is 11.7 Å². The van der Waals surface area contributed by atoms with E-state index in [9.17, 15) is 4.79 Å². The number of benzene rings is 1. The number of likely N-dealkylation sites (N-methyl/N-ethyl adjacent to an activating group) is 1. The van der Waals surface area contributed by atoms with Gasteiger partial charge >= 0.3 is 0 Å². The highest BCUT2D eigenvalue weighted by molar-refractivity contribution is 5.84. The first kappa shape index (κ1) is 16.6. The fourth-order valence-electron chi connectivity index (χ4n) is 2.68. The molecule has 0 aliphatic heterocycles. The van der Waals surface area contributed by atoms with Crippen molar-refractivity contribution < 1.29 is 9.21 Å². The van der Waals surface area contributed by atoms with Crippen LogP contribution in [-0.2, 0) is 17.8 Å². The van der Waals surface area contributed by atoms with Gasteiger partial charge < -0.3 is 15.1 Å². The molecule has 1 aromatic heterocycles. The average molecular weight is 302 g/mol. The quantitative estimate of drug-likeness (QED) is 0.890. The Morgan fingerprint density at radius 1 is 1.32 bits per heavy atom. The van der Waals surface area contributed by atoms with E-state index in [1.54, 1.807) is 4.90 Å². The Labute approximate surface area is 132 Å². The second-order valence-corrected chi connectivity index (χ2v) is 5.96. The summed E-state index contributed by atoms with van der Waals surface area (Å²) in [7, 11) is 1.81. The molecule has 0 aliphatic rings. The van der Waals surface area contributed by atoms with E-state index in [0.717, 1.165) is 35.1 Å². The molecule has 2 rings (SSSR count). The number of carbonyl (C=O) groups is 1. The fraction of sp³-hybridized carbons (Fsp3) is 0.500. The Bertz CT molecular complexity index is 648. The largest absolute Gasteiger partial charge is 0.461 e. The number of hydrogen-bond acceptors (Lipinski definition) is 3. The van der Waals surface area contributed by atoms with E-state index in [-0.39, 0.29) is 11.8 Å². The van der Waals surface area contributed by atoms with Gasteiger partial charge in [-0.05, 0) is 12.0 Å². The van der Waals surface area contributed by atoms with Gasteiger partial charge in [0.15, 0.2) is 0 Å². The summed E-state index contributed by atoms with van der Waals surface area (Å²) in [5, 5.41) is 1.08. The lowest BCUT2D eigenvalue weighted by molar-refractivity contribution is -0.132. The summed E-state index contributed by atoms with van der Waals surface area (Å²) in [5.74, 6) is 1.11. The number of nitrogens with two attached hydrogens (primary N) is 1. The summed E-state index contributed by atoms with van der Waals surface area (Å²) in [6.45, 7) is 6.66. The minimum absolute atomic E-state index is 0.0123. The maximum Gasteiger partial charge on any atom is 0.239 e. The Morgan fingerprint density at radius 3 is 2.64 bits per heavy atom. The van der Waals surface area contributed by atoms with Crippen molar-refractivity contribution in [3.63, 3.8) is 0 Å². The molecule has 0 spiro atoms. The molecule has 22 heavy (non-hydrogen) atoms. The summed E-state index contributed by atoms with van der Waals surface area (Å²) in [4.78, 5) is 14.2. The summed E-state index contributed by atoms with van der Waals surface area (Å²) in [5.41, 5.74) is 8.03. The van der Waals surface area contributed by atoms with Crippen LogP contribution in [0.25, 0.3) is 11.0 Å². The van der Waals surface area contributed by atoms with Gasteiger partial charge in [-0.2, -0.15) is 0 Å². The maximum absolute atomic E-state index is 12.5. The van der Waals surface area contributed by atoms with Crippen molar-refractivity contribution in [2.75, 3.05) is 7.05 Å². The normalized spacial score (nSPS) is 14.0. The van der Waals surface area contributed by atoms with Gasteiger partial charge in [0.2, 0.25) is 5.91 Å². The Morgan fingerprint density at radius 2 is 2.00 bits per heavy atom. The van der Waals surface area contributed by atoms with E-state index in [1.165, 1.54) is 0 Å². The highest BCUT2D eigenvalue weighted by Gasteiger charge is 2.24. The number of aryl methyl sites for hydroxylation is 1. The zero-order valence-corrected chi connectivity index (χ0v) is 13.9. The van der Waals surface area contributed by atoms with E-state index in [2.05, 4.69) is 13.8 Å². The van der Waals surface area contributed by atoms with Crippen molar-refractivity contribution in [3.05, 3.63) is 35.6 Å². The van der Waals surface area contributed by atoms with Crippen molar-refractivity contribution in [2.45, 2.75) is 46.2 Å². The SMILES string of the molecule is CCc1oc2ccccc2c1CN(C)C(=O)C(N)C(C)CC. The first-order chi connectivity index (χ1) is 10.5. The van der Waals surface area contributed by atoms with Crippen LogP contribution in [0, 0.1) is 5.92 Å². The molecule has 2 unspecified atom stereocenters. The smallest absolute Gasteiger partial charge is 0.239 e. The van der Waals surface area contributed by atoms with Crippen LogP contribution < -0.4 is 5.73 Å². The van der Waals surface area contributed by atoms with E-state index >= 15 is 0 Å². The van der Waals surface area contributed by atoms with Gasteiger partial charge in [0.05, 0.1) is 6.04 Å². The Hall–Kier alpha value is -1.81. The lowest BCUT2D eigenvalue weighted by Crippen LogP contribution is -2.45. The second kappa shape index (κ2) is 6.97. The standard InChI is InChI=1S/C18H26N2O2/c1-5-12(3)17(19)18(21)20(4)11-14-13-9-7-8-10-16(13)22-15(14)6-2/h7-10,12,17H,5-6,11,19H2,1-4H3. The predicted octanol–water partition coefficient (Wildman–Crippen LogP) is 3.33. The van der Waals surface area contributed by atoms with Crippen LogP contribution in [0.1, 0.15) is 38.5 Å².